The molecular weight excluding hydrogens is 192 g/mol. The molecule has 1 aliphatic heterocycles. The van der Waals surface area contributed by atoms with Gasteiger partial charge in [-0.05, 0) is 25.3 Å². The van der Waals surface area contributed by atoms with E-state index in [1.165, 1.54) is 6.42 Å². The van der Waals surface area contributed by atoms with Crippen LogP contribution in [0.25, 0.3) is 0 Å². The molecule has 1 aliphatic rings. The van der Waals surface area contributed by atoms with Crippen molar-refractivity contribution >= 4 is 5.91 Å². The van der Waals surface area contributed by atoms with Crippen LogP contribution in [0.3, 0.4) is 0 Å². The van der Waals surface area contributed by atoms with Crippen LogP contribution in [0.15, 0.2) is 0 Å². The molecule has 0 aromatic rings. The van der Waals surface area contributed by atoms with E-state index in [1.54, 1.807) is 19.0 Å². The lowest BCUT2D eigenvalue weighted by Gasteiger charge is -2.11. The minimum Gasteiger partial charge on any atom is -0.381 e. The van der Waals surface area contributed by atoms with Crippen LogP contribution >= 0.6 is 0 Å². The van der Waals surface area contributed by atoms with E-state index in [0.717, 1.165) is 26.1 Å². The molecule has 0 spiro atoms. The van der Waals surface area contributed by atoms with Gasteiger partial charge in [-0.3, -0.25) is 4.79 Å². The summed E-state index contributed by atoms with van der Waals surface area (Å²) < 4.78 is 5.54. The van der Waals surface area contributed by atoms with Crippen molar-refractivity contribution in [1.82, 2.24) is 10.2 Å². The van der Waals surface area contributed by atoms with E-state index >= 15 is 0 Å². The maximum Gasteiger partial charge on any atom is 0.222 e. The van der Waals surface area contributed by atoms with E-state index in [1.807, 2.05) is 0 Å². The van der Waals surface area contributed by atoms with Crippen molar-refractivity contribution in [3.63, 3.8) is 0 Å². The van der Waals surface area contributed by atoms with Gasteiger partial charge >= 0.3 is 0 Å². The Morgan fingerprint density at radius 3 is 2.93 bits per heavy atom. The number of nitrogens with zero attached hydrogens (tertiary/aromatic N) is 1. The zero-order valence-corrected chi connectivity index (χ0v) is 9.79. The van der Waals surface area contributed by atoms with E-state index in [2.05, 4.69) is 5.32 Å². The second-order valence-corrected chi connectivity index (χ2v) is 4.33. The molecule has 0 saturated carbocycles. The van der Waals surface area contributed by atoms with Gasteiger partial charge in [-0.1, -0.05) is 0 Å². The van der Waals surface area contributed by atoms with E-state index < -0.39 is 0 Å². The third-order valence-corrected chi connectivity index (χ3v) is 2.69. The van der Waals surface area contributed by atoms with Crippen LogP contribution in [0.5, 0.6) is 0 Å². The third-order valence-electron chi connectivity index (χ3n) is 2.69. The summed E-state index contributed by atoms with van der Waals surface area (Å²) in [6, 6.07) is 0. The van der Waals surface area contributed by atoms with Gasteiger partial charge in [0.15, 0.2) is 0 Å². The molecule has 1 fully saturated rings. The van der Waals surface area contributed by atoms with Gasteiger partial charge in [0.2, 0.25) is 5.91 Å². The van der Waals surface area contributed by atoms with Crippen LogP contribution in [0.4, 0.5) is 0 Å². The van der Waals surface area contributed by atoms with Crippen LogP contribution in [0, 0.1) is 5.92 Å². The quantitative estimate of drug-likeness (QED) is 0.654. The van der Waals surface area contributed by atoms with Crippen molar-refractivity contribution < 1.29 is 9.53 Å². The molecule has 1 rings (SSSR count). The summed E-state index contributed by atoms with van der Waals surface area (Å²) in [5, 5.41) is 3.31. The van der Waals surface area contributed by atoms with Crippen LogP contribution in [0.1, 0.15) is 19.3 Å². The number of hydrogen-bond donors (Lipinski definition) is 1. The highest BCUT2D eigenvalue weighted by Crippen LogP contribution is 2.07. The predicted octanol–water partition coefficient (Wildman–Crippen LogP) is 0.481. The molecule has 4 nitrogen and oxygen atoms in total. The minimum atomic E-state index is 0.182. The topological polar surface area (TPSA) is 41.6 Å². The Morgan fingerprint density at radius 1 is 1.53 bits per heavy atom. The molecule has 0 aromatic carbocycles. The molecule has 1 N–H and O–H groups in total. The van der Waals surface area contributed by atoms with Crippen molar-refractivity contribution in [2.45, 2.75) is 19.3 Å². The highest BCUT2D eigenvalue weighted by molar-refractivity contribution is 5.75. The van der Waals surface area contributed by atoms with Crippen molar-refractivity contribution in [1.29, 1.82) is 0 Å². The van der Waals surface area contributed by atoms with Gasteiger partial charge in [0.25, 0.3) is 0 Å². The molecule has 1 saturated heterocycles. The number of ether oxygens (including phenoxy) is 1. The first-order valence-corrected chi connectivity index (χ1v) is 5.68. The first-order valence-electron chi connectivity index (χ1n) is 5.68. The standard InChI is InChI=1S/C11H22N2O2/c1-13(2)11(14)4-3-7-15-9-10-5-6-12-8-10/h10,12H,3-9H2,1-2H3. The van der Waals surface area contributed by atoms with Gasteiger partial charge in [-0.25, -0.2) is 0 Å². The smallest absolute Gasteiger partial charge is 0.222 e. The van der Waals surface area contributed by atoms with E-state index in [9.17, 15) is 4.79 Å². The van der Waals surface area contributed by atoms with E-state index in [4.69, 9.17) is 4.74 Å². The summed E-state index contributed by atoms with van der Waals surface area (Å²) >= 11 is 0. The van der Waals surface area contributed by atoms with Gasteiger partial charge in [-0.2, -0.15) is 0 Å². The molecule has 88 valence electrons. The summed E-state index contributed by atoms with van der Waals surface area (Å²) in [6.07, 6.45) is 2.64. The highest BCUT2D eigenvalue weighted by atomic mass is 16.5. The summed E-state index contributed by atoms with van der Waals surface area (Å²) in [4.78, 5) is 12.8. The van der Waals surface area contributed by atoms with Crippen molar-refractivity contribution in [3.8, 4) is 0 Å². The maximum atomic E-state index is 11.2. The lowest BCUT2D eigenvalue weighted by atomic mass is 10.1. The maximum absolute atomic E-state index is 11.2. The molecule has 4 heteroatoms. The molecule has 0 radical (unpaired) electrons. The lowest BCUT2D eigenvalue weighted by Crippen LogP contribution is -2.21. The minimum absolute atomic E-state index is 0.182. The Kier molecular flexibility index (Phi) is 5.65. The van der Waals surface area contributed by atoms with Gasteiger partial charge in [0.1, 0.15) is 0 Å². The van der Waals surface area contributed by atoms with Crippen LogP contribution in [-0.2, 0) is 9.53 Å². The van der Waals surface area contributed by atoms with Gasteiger partial charge in [0, 0.05) is 33.7 Å². The van der Waals surface area contributed by atoms with E-state index in [-0.39, 0.29) is 5.91 Å². The summed E-state index contributed by atoms with van der Waals surface area (Å²) in [5.41, 5.74) is 0. The first kappa shape index (κ1) is 12.5. The zero-order chi connectivity index (χ0) is 11.1. The monoisotopic (exact) mass is 214 g/mol. The number of carbonyl (C=O) groups is 1. The van der Waals surface area contributed by atoms with Crippen LogP contribution < -0.4 is 5.32 Å². The molecule has 1 heterocycles. The van der Waals surface area contributed by atoms with Gasteiger partial charge in [0.05, 0.1) is 6.61 Å². The molecule has 0 aliphatic carbocycles. The van der Waals surface area contributed by atoms with Crippen molar-refractivity contribution in [3.05, 3.63) is 0 Å². The molecule has 1 amide bonds. The Bertz CT molecular complexity index is 189. The van der Waals surface area contributed by atoms with Crippen molar-refractivity contribution in [2.24, 2.45) is 5.92 Å². The second-order valence-electron chi connectivity index (χ2n) is 4.33. The van der Waals surface area contributed by atoms with Crippen LogP contribution in [-0.4, -0.2) is 51.2 Å². The molecular formula is C11H22N2O2. The largest absolute Gasteiger partial charge is 0.381 e. The number of amides is 1. The SMILES string of the molecule is CN(C)C(=O)CCCOCC1CCNC1. The number of rotatable bonds is 6. The summed E-state index contributed by atoms with van der Waals surface area (Å²) in [7, 11) is 3.57. The predicted molar refractivity (Wildman–Crippen MR) is 59.7 cm³/mol. The molecule has 1 unspecified atom stereocenters. The van der Waals surface area contributed by atoms with Crippen LogP contribution in [0.2, 0.25) is 0 Å². The fourth-order valence-corrected chi connectivity index (χ4v) is 1.66. The summed E-state index contributed by atoms with van der Waals surface area (Å²) in [6.45, 7) is 3.74. The molecule has 0 aromatic heterocycles. The first-order chi connectivity index (χ1) is 7.20. The Morgan fingerprint density at radius 2 is 2.33 bits per heavy atom. The molecule has 1 atom stereocenters. The molecule has 0 bridgehead atoms. The normalized spacial score (nSPS) is 20.5. The van der Waals surface area contributed by atoms with E-state index in [0.29, 0.717) is 18.9 Å². The fraction of sp³-hybridized carbons (Fsp3) is 0.909. The highest BCUT2D eigenvalue weighted by Gasteiger charge is 2.13. The summed E-state index contributed by atoms with van der Waals surface area (Å²) in [5.74, 6) is 0.857. The number of nitrogens with one attached hydrogen (secondary N) is 1. The lowest BCUT2D eigenvalue weighted by molar-refractivity contribution is -0.129. The number of hydrogen-bond acceptors (Lipinski definition) is 3. The van der Waals surface area contributed by atoms with Crippen molar-refractivity contribution in [2.75, 3.05) is 40.4 Å². The molecule has 15 heavy (non-hydrogen) atoms. The average Bonchev–Trinajstić information content (AvgIpc) is 2.69. The number of carbonyl (C=O) groups excluding carboxylic acids is 1. The Balaban J connectivity index is 1.90. The second kappa shape index (κ2) is 6.80. The van der Waals surface area contributed by atoms with Gasteiger partial charge < -0.3 is 15.0 Å². The van der Waals surface area contributed by atoms with Gasteiger partial charge in [-0.15, -0.1) is 0 Å². The zero-order valence-electron chi connectivity index (χ0n) is 9.79. The average molecular weight is 214 g/mol. The Labute approximate surface area is 92.0 Å². The fourth-order valence-electron chi connectivity index (χ4n) is 1.66. The third kappa shape index (κ3) is 5.14. The Hall–Kier alpha value is -0.610.